The van der Waals surface area contributed by atoms with Crippen LogP contribution in [0.15, 0.2) is 40.3 Å². The van der Waals surface area contributed by atoms with Crippen molar-refractivity contribution < 1.29 is 9.53 Å². The second kappa shape index (κ2) is 8.19. The van der Waals surface area contributed by atoms with E-state index in [9.17, 15) is 9.59 Å². The zero-order valence-electron chi connectivity index (χ0n) is 15.9. The first kappa shape index (κ1) is 19.4. The van der Waals surface area contributed by atoms with Crippen molar-refractivity contribution in [2.45, 2.75) is 44.5 Å². The summed E-state index contributed by atoms with van der Waals surface area (Å²) in [7, 11) is 0. The molecule has 7 heteroatoms. The van der Waals surface area contributed by atoms with Crippen LogP contribution in [0.2, 0.25) is 0 Å². The number of nitrogens with zero attached hydrogens (tertiary/aromatic N) is 2. The highest BCUT2D eigenvalue weighted by atomic mass is 32.2. The normalized spacial score (nSPS) is 16.7. The average Bonchev–Trinajstić information content (AvgIpc) is 3.31. The monoisotopic (exact) mass is 414 g/mol. The molecule has 28 heavy (non-hydrogen) atoms. The van der Waals surface area contributed by atoms with Crippen LogP contribution in [-0.2, 0) is 11.3 Å². The third-order valence-electron chi connectivity index (χ3n) is 4.91. The van der Waals surface area contributed by atoms with Gasteiger partial charge in [0.1, 0.15) is 0 Å². The number of para-hydroxylation sites is 1. The van der Waals surface area contributed by atoms with Crippen molar-refractivity contribution in [3.63, 3.8) is 0 Å². The molecule has 3 heterocycles. The zero-order valence-corrected chi connectivity index (χ0v) is 17.6. The number of ether oxygens (including phenoxy) is 1. The maximum atomic E-state index is 13.1. The molecule has 146 valence electrons. The minimum absolute atomic E-state index is 0.0254. The third-order valence-corrected chi connectivity index (χ3v) is 6.85. The standard InChI is InChI=1S/C21H22N2O3S2/c1-13-10-17(14(2)28-13)19(24)12-27-21-22-18-8-4-3-7-16(18)20(25)23(21)11-15-6-5-9-26-15/h3-4,7-8,10,15H,5-6,9,11-12H2,1-2H3. The second-order valence-corrected chi connectivity index (χ2v) is 9.40. The number of Topliss-reactive ketones (excluding diaryl/α,β-unsaturated/α-hetero) is 1. The minimum Gasteiger partial charge on any atom is -0.376 e. The number of benzene rings is 1. The summed E-state index contributed by atoms with van der Waals surface area (Å²) in [5.41, 5.74) is 1.36. The van der Waals surface area contributed by atoms with Crippen molar-refractivity contribution in [3.8, 4) is 0 Å². The highest BCUT2D eigenvalue weighted by Gasteiger charge is 2.21. The maximum Gasteiger partial charge on any atom is 0.262 e. The van der Waals surface area contributed by atoms with Gasteiger partial charge in [0.05, 0.1) is 29.3 Å². The van der Waals surface area contributed by atoms with Crippen molar-refractivity contribution in [1.82, 2.24) is 9.55 Å². The van der Waals surface area contributed by atoms with Gasteiger partial charge in [-0.1, -0.05) is 23.9 Å². The topological polar surface area (TPSA) is 61.2 Å². The van der Waals surface area contributed by atoms with Gasteiger partial charge in [-0.2, -0.15) is 0 Å². The Kier molecular flexibility index (Phi) is 5.66. The highest BCUT2D eigenvalue weighted by Crippen LogP contribution is 2.25. The third kappa shape index (κ3) is 3.92. The van der Waals surface area contributed by atoms with E-state index in [4.69, 9.17) is 9.72 Å². The van der Waals surface area contributed by atoms with Gasteiger partial charge < -0.3 is 4.74 Å². The zero-order chi connectivity index (χ0) is 19.7. The van der Waals surface area contributed by atoms with Gasteiger partial charge in [0.25, 0.3) is 5.56 Å². The predicted molar refractivity (Wildman–Crippen MR) is 114 cm³/mol. The summed E-state index contributed by atoms with van der Waals surface area (Å²) in [5.74, 6) is 0.325. The molecular formula is C21H22N2O3S2. The Morgan fingerprint density at radius 1 is 1.36 bits per heavy atom. The Labute approximate surface area is 171 Å². The van der Waals surface area contributed by atoms with Crippen LogP contribution in [0, 0.1) is 13.8 Å². The quantitative estimate of drug-likeness (QED) is 0.343. The molecule has 1 unspecified atom stereocenters. The van der Waals surface area contributed by atoms with Crippen LogP contribution in [0.5, 0.6) is 0 Å². The first-order valence-corrected chi connectivity index (χ1v) is 11.2. The van der Waals surface area contributed by atoms with Gasteiger partial charge in [0.15, 0.2) is 10.9 Å². The Hall–Kier alpha value is -1.96. The molecule has 1 saturated heterocycles. The summed E-state index contributed by atoms with van der Waals surface area (Å²) >= 11 is 2.96. The summed E-state index contributed by atoms with van der Waals surface area (Å²) in [6.07, 6.45) is 1.98. The number of rotatable bonds is 6. The molecule has 0 aliphatic carbocycles. The first-order valence-electron chi connectivity index (χ1n) is 9.37. The van der Waals surface area contributed by atoms with E-state index in [0.29, 0.717) is 22.6 Å². The number of hydrogen-bond donors (Lipinski definition) is 0. The molecule has 0 saturated carbocycles. The molecule has 0 bridgehead atoms. The number of aryl methyl sites for hydroxylation is 2. The average molecular weight is 415 g/mol. The van der Waals surface area contributed by atoms with Gasteiger partial charge in [-0.05, 0) is 44.9 Å². The van der Waals surface area contributed by atoms with E-state index < -0.39 is 0 Å². The van der Waals surface area contributed by atoms with Gasteiger partial charge in [0.2, 0.25) is 0 Å². The number of fused-ring (bicyclic) bond motifs is 1. The molecule has 1 aliphatic heterocycles. The molecule has 1 aliphatic rings. The van der Waals surface area contributed by atoms with Gasteiger partial charge >= 0.3 is 0 Å². The lowest BCUT2D eigenvalue weighted by molar-refractivity contribution is 0.0937. The van der Waals surface area contributed by atoms with Crippen molar-refractivity contribution in [2.75, 3.05) is 12.4 Å². The van der Waals surface area contributed by atoms with E-state index in [1.165, 1.54) is 11.8 Å². The molecule has 0 radical (unpaired) electrons. The Morgan fingerprint density at radius 2 is 2.18 bits per heavy atom. The lowest BCUT2D eigenvalue weighted by Gasteiger charge is -2.16. The fraction of sp³-hybridized carbons (Fsp3) is 0.381. The lowest BCUT2D eigenvalue weighted by Crippen LogP contribution is -2.29. The molecule has 5 nitrogen and oxygen atoms in total. The van der Waals surface area contributed by atoms with Crippen molar-refractivity contribution >= 4 is 39.8 Å². The van der Waals surface area contributed by atoms with Crippen LogP contribution < -0.4 is 5.56 Å². The number of carbonyl (C=O) groups excluding carboxylic acids is 1. The molecule has 3 aromatic rings. The van der Waals surface area contributed by atoms with Crippen LogP contribution in [0.1, 0.15) is 33.0 Å². The van der Waals surface area contributed by atoms with E-state index in [-0.39, 0.29) is 23.2 Å². The molecule has 1 atom stereocenters. The molecule has 0 amide bonds. The van der Waals surface area contributed by atoms with E-state index in [1.54, 1.807) is 22.0 Å². The van der Waals surface area contributed by atoms with E-state index in [2.05, 4.69) is 0 Å². The molecular weight excluding hydrogens is 392 g/mol. The van der Waals surface area contributed by atoms with Crippen LogP contribution >= 0.6 is 23.1 Å². The van der Waals surface area contributed by atoms with Gasteiger partial charge in [-0.3, -0.25) is 14.2 Å². The van der Waals surface area contributed by atoms with Crippen LogP contribution in [-0.4, -0.2) is 33.8 Å². The number of thioether (sulfide) groups is 1. The first-order chi connectivity index (χ1) is 13.5. The number of aromatic nitrogens is 2. The van der Waals surface area contributed by atoms with E-state index >= 15 is 0 Å². The summed E-state index contributed by atoms with van der Waals surface area (Å²) in [5, 5.41) is 1.18. The number of carbonyl (C=O) groups is 1. The van der Waals surface area contributed by atoms with Gasteiger partial charge in [-0.25, -0.2) is 4.98 Å². The fourth-order valence-electron chi connectivity index (χ4n) is 3.53. The molecule has 4 rings (SSSR count). The summed E-state index contributed by atoms with van der Waals surface area (Å²) in [4.78, 5) is 32.6. The fourth-order valence-corrected chi connectivity index (χ4v) is 5.36. The largest absolute Gasteiger partial charge is 0.376 e. The number of ketones is 1. The Morgan fingerprint density at radius 3 is 2.89 bits per heavy atom. The summed E-state index contributed by atoms with van der Waals surface area (Å²) in [6.45, 7) is 5.19. The summed E-state index contributed by atoms with van der Waals surface area (Å²) in [6, 6.07) is 9.30. The molecule has 1 aromatic carbocycles. The van der Waals surface area contributed by atoms with Crippen molar-refractivity contribution in [3.05, 3.63) is 56.0 Å². The maximum absolute atomic E-state index is 13.1. The number of thiophene rings is 1. The minimum atomic E-state index is -0.0707. The number of hydrogen-bond acceptors (Lipinski definition) is 6. The highest BCUT2D eigenvalue weighted by molar-refractivity contribution is 7.99. The lowest BCUT2D eigenvalue weighted by atomic mass is 10.2. The molecule has 2 aromatic heterocycles. The van der Waals surface area contributed by atoms with Crippen LogP contribution in [0.25, 0.3) is 10.9 Å². The van der Waals surface area contributed by atoms with Gasteiger partial charge in [0, 0.05) is 21.9 Å². The van der Waals surface area contributed by atoms with E-state index in [0.717, 1.165) is 34.8 Å². The second-order valence-electron chi connectivity index (χ2n) is 7.00. The van der Waals surface area contributed by atoms with Gasteiger partial charge in [-0.15, -0.1) is 11.3 Å². The predicted octanol–water partition coefficient (Wildman–Crippen LogP) is 4.23. The van der Waals surface area contributed by atoms with Crippen molar-refractivity contribution in [2.24, 2.45) is 0 Å². The molecule has 0 N–H and O–H groups in total. The SMILES string of the molecule is Cc1cc(C(=O)CSc2nc3ccccc3c(=O)n2CC2CCCO2)c(C)s1. The summed E-state index contributed by atoms with van der Waals surface area (Å²) < 4.78 is 7.41. The van der Waals surface area contributed by atoms with Crippen LogP contribution in [0.4, 0.5) is 0 Å². The van der Waals surface area contributed by atoms with E-state index in [1.807, 2.05) is 38.1 Å². The smallest absolute Gasteiger partial charge is 0.262 e. The molecule has 1 fully saturated rings. The van der Waals surface area contributed by atoms with Crippen molar-refractivity contribution in [1.29, 1.82) is 0 Å². The Bertz CT molecular complexity index is 1080. The molecule has 0 spiro atoms. The van der Waals surface area contributed by atoms with Crippen LogP contribution in [0.3, 0.4) is 0 Å². The Balaban J connectivity index is 1.65.